The monoisotopic (exact) mass is 354 g/mol. The largest absolute Gasteiger partial charge is 0.452 e. The Balaban J connectivity index is 1.98. The first-order valence-corrected chi connectivity index (χ1v) is 9.55. The summed E-state index contributed by atoms with van der Waals surface area (Å²) in [5.74, 6) is -0.705. The molecule has 0 bridgehead atoms. The quantitative estimate of drug-likeness (QED) is 0.718. The van der Waals surface area contributed by atoms with E-state index in [-0.39, 0.29) is 23.8 Å². The molecule has 1 fully saturated rings. The summed E-state index contributed by atoms with van der Waals surface area (Å²) in [6.45, 7) is 4.98. The van der Waals surface area contributed by atoms with E-state index >= 15 is 0 Å². The first-order valence-electron chi connectivity index (χ1n) is 7.94. The van der Waals surface area contributed by atoms with Crippen LogP contribution in [0.5, 0.6) is 0 Å². The maximum absolute atomic E-state index is 12.0. The molecule has 7 nitrogen and oxygen atoms in total. The summed E-state index contributed by atoms with van der Waals surface area (Å²) in [4.78, 5) is 25.4. The van der Waals surface area contributed by atoms with E-state index in [1.807, 2.05) is 13.8 Å². The molecule has 0 spiro atoms. The fourth-order valence-corrected chi connectivity index (χ4v) is 4.14. The zero-order chi connectivity index (χ0) is 17.7. The Bertz CT molecular complexity index is 696. The van der Waals surface area contributed by atoms with Crippen LogP contribution in [0.2, 0.25) is 0 Å². The SMILES string of the molecule is CCN(CC)C(=O)COC(=O)c1ccc(N2CCCS2(=O)=O)cc1. The predicted octanol–water partition coefficient (Wildman–Crippen LogP) is 1.25. The molecule has 2 rings (SSSR count). The van der Waals surface area contributed by atoms with Crippen molar-refractivity contribution < 1.29 is 22.7 Å². The van der Waals surface area contributed by atoms with Gasteiger partial charge in [0, 0.05) is 19.6 Å². The maximum atomic E-state index is 12.0. The molecule has 0 unspecified atom stereocenters. The number of carbonyl (C=O) groups excluding carboxylic acids is 2. The summed E-state index contributed by atoms with van der Waals surface area (Å²) in [7, 11) is -3.24. The Morgan fingerprint density at radius 3 is 2.29 bits per heavy atom. The summed E-state index contributed by atoms with van der Waals surface area (Å²) in [6.07, 6.45) is 0.597. The minimum Gasteiger partial charge on any atom is -0.452 e. The van der Waals surface area contributed by atoms with Gasteiger partial charge < -0.3 is 9.64 Å². The van der Waals surface area contributed by atoms with E-state index in [0.717, 1.165) is 0 Å². The standard InChI is InChI=1S/C16H22N2O5S/c1-3-17(4-2)15(19)12-23-16(20)13-6-8-14(9-7-13)18-10-5-11-24(18,21)22/h6-9H,3-5,10-12H2,1-2H3. The van der Waals surface area contributed by atoms with E-state index in [1.54, 1.807) is 17.0 Å². The van der Waals surface area contributed by atoms with Crippen molar-refractivity contribution in [1.29, 1.82) is 0 Å². The van der Waals surface area contributed by atoms with Gasteiger partial charge in [-0.3, -0.25) is 9.10 Å². The molecule has 0 aliphatic carbocycles. The number of esters is 1. The third-order valence-electron chi connectivity index (χ3n) is 3.93. The number of nitrogens with zero attached hydrogens (tertiary/aromatic N) is 2. The number of amides is 1. The summed E-state index contributed by atoms with van der Waals surface area (Å²) in [5.41, 5.74) is 0.811. The number of anilines is 1. The third kappa shape index (κ3) is 4.05. The Hall–Kier alpha value is -2.09. The zero-order valence-electron chi connectivity index (χ0n) is 13.9. The number of carbonyl (C=O) groups is 2. The highest BCUT2D eigenvalue weighted by Gasteiger charge is 2.28. The molecule has 8 heteroatoms. The molecule has 0 aromatic heterocycles. The number of likely N-dealkylation sites (N-methyl/N-ethyl adjacent to an activating group) is 1. The zero-order valence-corrected chi connectivity index (χ0v) is 14.7. The van der Waals surface area contributed by atoms with Crippen LogP contribution in [-0.2, 0) is 19.6 Å². The highest BCUT2D eigenvalue weighted by Crippen LogP contribution is 2.24. The summed E-state index contributed by atoms with van der Waals surface area (Å²) < 4.78 is 30.1. The van der Waals surface area contributed by atoms with Gasteiger partial charge in [-0.15, -0.1) is 0 Å². The van der Waals surface area contributed by atoms with E-state index in [0.29, 0.717) is 31.7 Å². The molecule has 1 aromatic rings. The number of ether oxygens (including phenoxy) is 1. The summed E-state index contributed by atoms with van der Waals surface area (Å²) in [5, 5.41) is 0. The van der Waals surface area contributed by atoms with E-state index in [2.05, 4.69) is 0 Å². The molecular formula is C16H22N2O5S. The van der Waals surface area contributed by atoms with Crippen molar-refractivity contribution in [3.63, 3.8) is 0 Å². The predicted molar refractivity (Wildman–Crippen MR) is 90.4 cm³/mol. The second-order valence-electron chi connectivity index (χ2n) is 5.43. The van der Waals surface area contributed by atoms with Crippen molar-refractivity contribution in [1.82, 2.24) is 4.90 Å². The highest BCUT2D eigenvalue weighted by molar-refractivity contribution is 7.93. The average molecular weight is 354 g/mol. The first-order chi connectivity index (χ1) is 11.4. The lowest BCUT2D eigenvalue weighted by Gasteiger charge is -2.18. The number of sulfonamides is 1. The average Bonchev–Trinajstić information content (AvgIpc) is 2.93. The van der Waals surface area contributed by atoms with Gasteiger partial charge in [-0.2, -0.15) is 0 Å². The third-order valence-corrected chi connectivity index (χ3v) is 5.80. The number of benzene rings is 1. The van der Waals surface area contributed by atoms with Gasteiger partial charge in [0.25, 0.3) is 5.91 Å². The topological polar surface area (TPSA) is 84.0 Å². The van der Waals surface area contributed by atoms with Crippen molar-refractivity contribution in [3.05, 3.63) is 29.8 Å². The van der Waals surface area contributed by atoms with Crippen LogP contribution in [-0.4, -0.2) is 57.2 Å². The van der Waals surface area contributed by atoms with Crippen LogP contribution >= 0.6 is 0 Å². The van der Waals surface area contributed by atoms with Gasteiger partial charge in [-0.25, -0.2) is 13.2 Å². The molecule has 1 amide bonds. The minimum absolute atomic E-state index is 0.143. The molecule has 1 heterocycles. The van der Waals surface area contributed by atoms with Crippen LogP contribution in [0.3, 0.4) is 0 Å². The lowest BCUT2D eigenvalue weighted by atomic mass is 10.2. The van der Waals surface area contributed by atoms with Gasteiger partial charge in [0.05, 0.1) is 17.0 Å². The summed E-state index contributed by atoms with van der Waals surface area (Å²) >= 11 is 0. The molecule has 0 atom stereocenters. The van der Waals surface area contributed by atoms with Crippen molar-refractivity contribution in [2.75, 3.05) is 36.3 Å². The Morgan fingerprint density at radius 2 is 1.79 bits per heavy atom. The molecule has 0 saturated carbocycles. The van der Waals surface area contributed by atoms with Crippen LogP contribution in [0, 0.1) is 0 Å². The second-order valence-corrected chi connectivity index (χ2v) is 7.44. The normalized spacial score (nSPS) is 16.0. The van der Waals surface area contributed by atoms with Crippen molar-refractivity contribution in [2.45, 2.75) is 20.3 Å². The van der Waals surface area contributed by atoms with Crippen LogP contribution in [0.25, 0.3) is 0 Å². The number of hydrogen-bond donors (Lipinski definition) is 0. The molecule has 1 aliphatic rings. The van der Waals surface area contributed by atoms with Crippen molar-refractivity contribution >= 4 is 27.6 Å². The lowest BCUT2D eigenvalue weighted by Crippen LogP contribution is -2.34. The molecular weight excluding hydrogens is 332 g/mol. The smallest absolute Gasteiger partial charge is 0.338 e. The molecule has 24 heavy (non-hydrogen) atoms. The molecule has 1 saturated heterocycles. The van der Waals surface area contributed by atoms with E-state index in [4.69, 9.17) is 4.74 Å². The van der Waals surface area contributed by atoms with Gasteiger partial charge in [0.15, 0.2) is 6.61 Å². The van der Waals surface area contributed by atoms with E-state index in [9.17, 15) is 18.0 Å². The molecule has 0 N–H and O–H groups in total. The molecule has 0 radical (unpaired) electrons. The number of rotatable bonds is 6. The van der Waals surface area contributed by atoms with Gasteiger partial charge in [0.2, 0.25) is 10.0 Å². The Kier molecular flexibility index (Phi) is 5.82. The van der Waals surface area contributed by atoms with Crippen molar-refractivity contribution in [2.24, 2.45) is 0 Å². The highest BCUT2D eigenvalue weighted by atomic mass is 32.2. The Labute approximate surface area is 142 Å². The Morgan fingerprint density at radius 1 is 1.17 bits per heavy atom. The van der Waals surface area contributed by atoms with Gasteiger partial charge in [-0.05, 0) is 44.5 Å². The van der Waals surface area contributed by atoms with Crippen LogP contribution in [0.15, 0.2) is 24.3 Å². The molecule has 132 valence electrons. The first kappa shape index (κ1) is 18.3. The fourth-order valence-electron chi connectivity index (χ4n) is 2.57. The van der Waals surface area contributed by atoms with Gasteiger partial charge >= 0.3 is 5.97 Å². The van der Waals surface area contributed by atoms with Gasteiger partial charge in [-0.1, -0.05) is 0 Å². The van der Waals surface area contributed by atoms with E-state index in [1.165, 1.54) is 16.4 Å². The minimum atomic E-state index is -3.24. The second kappa shape index (κ2) is 7.65. The van der Waals surface area contributed by atoms with Crippen LogP contribution < -0.4 is 4.31 Å². The molecule has 1 aromatic carbocycles. The fraction of sp³-hybridized carbons (Fsp3) is 0.500. The van der Waals surface area contributed by atoms with Crippen molar-refractivity contribution in [3.8, 4) is 0 Å². The van der Waals surface area contributed by atoms with Crippen LogP contribution in [0.1, 0.15) is 30.6 Å². The maximum Gasteiger partial charge on any atom is 0.338 e. The van der Waals surface area contributed by atoms with Crippen LogP contribution in [0.4, 0.5) is 5.69 Å². The molecule has 1 aliphatic heterocycles. The number of hydrogen-bond acceptors (Lipinski definition) is 5. The lowest BCUT2D eigenvalue weighted by molar-refractivity contribution is -0.134. The summed E-state index contributed by atoms with van der Waals surface area (Å²) in [6, 6.07) is 6.16. The van der Waals surface area contributed by atoms with Gasteiger partial charge in [0.1, 0.15) is 0 Å². The van der Waals surface area contributed by atoms with E-state index < -0.39 is 16.0 Å².